The van der Waals surface area contributed by atoms with E-state index in [2.05, 4.69) is 50.3 Å². The van der Waals surface area contributed by atoms with E-state index >= 15 is 0 Å². The molecule has 0 unspecified atom stereocenters. The number of halogens is 1. The first kappa shape index (κ1) is 12.7. The molecule has 0 fully saturated rings. The van der Waals surface area contributed by atoms with E-state index in [0.29, 0.717) is 0 Å². The van der Waals surface area contributed by atoms with Gasteiger partial charge in [0.1, 0.15) is 0 Å². The van der Waals surface area contributed by atoms with Crippen LogP contribution in [0.15, 0.2) is 0 Å². The third-order valence-corrected chi connectivity index (χ3v) is 2.75. The van der Waals surface area contributed by atoms with Crippen molar-refractivity contribution >= 4 is 22.6 Å². The van der Waals surface area contributed by atoms with Crippen molar-refractivity contribution in [3.63, 3.8) is 0 Å². The van der Waals surface area contributed by atoms with Crippen LogP contribution in [0.25, 0.3) is 0 Å². The molecule has 0 saturated heterocycles. The van der Waals surface area contributed by atoms with Crippen LogP contribution in [-0.2, 0) is 0 Å². The van der Waals surface area contributed by atoms with E-state index in [0.717, 1.165) is 17.8 Å². The zero-order valence-electron chi connectivity index (χ0n) is 8.94. The molecule has 0 bridgehead atoms. The predicted octanol–water partition coefficient (Wildman–Crippen LogP) is 4.52. The maximum absolute atomic E-state index is 2.50. The van der Waals surface area contributed by atoms with E-state index in [1.807, 2.05) is 0 Å². The van der Waals surface area contributed by atoms with E-state index in [1.165, 1.54) is 23.7 Å². The maximum Gasteiger partial charge on any atom is -0.000209 e. The fourth-order valence-corrected chi connectivity index (χ4v) is 2.70. The molecule has 74 valence electrons. The topological polar surface area (TPSA) is 0 Å². The molecule has 0 aliphatic carbocycles. The number of rotatable bonds is 6. The van der Waals surface area contributed by atoms with E-state index in [4.69, 9.17) is 0 Å². The third kappa shape index (κ3) is 7.38. The van der Waals surface area contributed by atoms with E-state index in [9.17, 15) is 0 Å². The molecule has 0 saturated carbocycles. The largest absolute Gasteiger partial charge is 0.0864 e. The number of hydrogen-bond acceptors (Lipinski definition) is 0. The monoisotopic (exact) mass is 282 g/mol. The number of hydrogen-bond donors (Lipinski definition) is 0. The van der Waals surface area contributed by atoms with Crippen LogP contribution in [0.2, 0.25) is 0 Å². The minimum Gasteiger partial charge on any atom is -0.0864 e. The standard InChI is InChI=1S/C11H23I/c1-9(2)7-11(5-6-12)8-10(3)4/h9-11H,5-8H2,1-4H3. The van der Waals surface area contributed by atoms with Crippen molar-refractivity contribution in [2.75, 3.05) is 4.43 Å². The van der Waals surface area contributed by atoms with Crippen LogP contribution in [0.4, 0.5) is 0 Å². The summed E-state index contributed by atoms with van der Waals surface area (Å²) >= 11 is 2.50. The molecule has 0 amide bonds. The fourth-order valence-electron chi connectivity index (χ4n) is 1.82. The summed E-state index contributed by atoms with van der Waals surface area (Å²) in [6, 6.07) is 0. The van der Waals surface area contributed by atoms with E-state index in [1.54, 1.807) is 0 Å². The Morgan fingerprint density at radius 3 is 1.58 bits per heavy atom. The Kier molecular flexibility index (Phi) is 7.60. The second-order valence-corrected chi connectivity index (χ2v) is 5.68. The molecule has 0 N–H and O–H groups in total. The third-order valence-electron chi connectivity index (χ3n) is 2.13. The summed E-state index contributed by atoms with van der Waals surface area (Å²) < 4.78 is 1.32. The van der Waals surface area contributed by atoms with Gasteiger partial charge in [0.05, 0.1) is 0 Å². The molecule has 0 aromatic rings. The van der Waals surface area contributed by atoms with Crippen molar-refractivity contribution in [1.29, 1.82) is 0 Å². The minimum atomic E-state index is 0.872. The van der Waals surface area contributed by atoms with Gasteiger partial charge in [-0.2, -0.15) is 0 Å². The first-order chi connectivity index (χ1) is 5.56. The van der Waals surface area contributed by atoms with Crippen LogP contribution < -0.4 is 0 Å². The molecule has 1 heteroatoms. The Bertz CT molecular complexity index is 87.2. The minimum absolute atomic E-state index is 0.872. The molecular formula is C11H23I. The van der Waals surface area contributed by atoms with Crippen molar-refractivity contribution in [3.8, 4) is 0 Å². The van der Waals surface area contributed by atoms with Crippen molar-refractivity contribution in [2.45, 2.75) is 47.0 Å². The summed E-state index contributed by atoms with van der Waals surface area (Å²) in [6.07, 6.45) is 4.25. The average Bonchev–Trinajstić information content (AvgIpc) is 1.84. The fraction of sp³-hybridized carbons (Fsp3) is 1.00. The highest BCUT2D eigenvalue weighted by Gasteiger charge is 2.11. The van der Waals surface area contributed by atoms with Crippen molar-refractivity contribution in [1.82, 2.24) is 0 Å². The van der Waals surface area contributed by atoms with E-state index in [-0.39, 0.29) is 0 Å². The Balaban J connectivity index is 3.69. The highest BCUT2D eigenvalue weighted by molar-refractivity contribution is 14.1. The Hall–Kier alpha value is 0.730. The molecule has 0 aromatic heterocycles. The molecule has 0 atom stereocenters. The van der Waals surface area contributed by atoms with Gasteiger partial charge in [0.25, 0.3) is 0 Å². The van der Waals surface area contributed by atoms with Crippen LogP contribution in [0.1, 0.15) is 47.0 Å². The van der Waals surface area contributed by atoms with Gasteiger partial charge in [0.2, 0.25) is 0 Å². The van der Waals surface area contributed by atoms with Gasteiger partial charge < -0.3 is 0 Å². The second-order valence-electron chi connectivity index (χ2n) is 4.60. The lowest BCUT2D eigenvalue weighted by molar-refractivity contribution is 0.338. The molecule has 0 radical (unpaired) electrons. The Morgan fingerprint density at radius 1 is 0.917 bits per heavy atom. The SMILES string of the molecule is CC(C)CC(CCI)CC(C)C. The molecular weight excluding hydrogens is 259 g/mol. The van der Waals surface area contributed by atoms with Gasteiger partial charge in [-0.05, 0) is 41.4 Å². The maximum atomic E-state index is 2.50. The summed E-state index contributed by atoms with van der Waals surface area (Å²) in [5.74, 6) is 2.72. The van der Waals surface area contributed by atoms with Gasteiger partial charge in [-0.3, -0.25) is 0 Å². The molecule has 12 heavy (non-hydrogen) atoms. The molecule has 0 rings (SSSR count). The molecule has 0 aliphatic heterocycles. The van der Waals surface area contributed by atoms with Crippen molar-refractivity contribution < 1.29 is 0 Å². The van der Waals surface area contributed by atoms with Crippen LogP contribution in [0, 0.1) is 17.8 Å². The zero-order chi connectivity index (χ0) is 9.56. The van der Waals surface area contributed by atoms with Crippen molar-refractivity contribution in [2.24, 2.45) is 17.8 Å². The van der Waals surface area contributed by atoms with Crippen LogP contribution in [0.3, 0.4) is 0 Å². The molecule has 0 nitrogen and oxygen atoms in total. The van der Waals surface area contributed by atoms with E-state index < -0.39 is 0 Å². The first-order valence-corrected chi connectivity index (χ1v) is 6.64. The zero-order valence-corrected chi connectivity index (χ0v) is 11.1. The molecule has 0 aliphatic rings. The lowest BCUT2D eigenvalue weighted by Crippen LogP contribution is -2.08. The lowest BCUT2D eigenvalue weighted by atomic mass is 9.88. The predicted molar refractivity (Wildman–Crippen MR) is 65.9 cm³/mol. The normalized spacial score (nSPS) is 12.0. The summed E-state index contributed by atoms with van der Waals surface area (Å²) in [4.78, 5) is 0. The Morgan fingerprint density at radius 2 is 1.33 bits per heavy atom. The van der Waals surface area contributed by atoms with Crippen molar-refractivity contribution in [3.05, 3.63) is 0 Å². The smallest absolute Gasteiger partial charge is 0.000209 e. The summed E-state index contributed by atoms with van der Waals surface area (Å²) in [5.41, 5.74) is 0. The van der Waals surface area contributed by atoms with Gasteiger partial charge >= 0.3 is 0 Å². The first-order valence-electron chi connectivity index (χ1n) is 5.12. The average molecular weight is 282 g/mol. The highest BCUT2D eigenvalue weighted by Crippen LogP contribution is 2.23. The molecule has 0 heterocycles. The number of alkyl halides is 1. The molecule has 0 spiro atoms. The highest BCUT2D eigenvalue weighted by atomic mass is 127. The summed E-state index contributed by atoms with van der Waals surface area (Å²) in [7, 11) is 0. The van der Waals surface area contributed by atoms with Crippen LogP contribution in [-0.4, -0.2) is 4.43 Å². The van der Waals surface area contributed by atoms with Gasteiger partial charge in [0, 0.05) is 0 Å². The second kappa shape index (κ2) is 7.16. The summed E-state index contributed by atoms with van der Waals surface area (Å²) in [6.45, 7) is 9.34. The Labute approximate surface area is 91.7 Å². The van der Waals surface area contributed by atoms with Gasteiger partial charge in [-0.1, -0.05) is 50.3 Å². The summed E-state index contributed by atoms with van der Waals surface area (Å²) in [5, 5.41) is 0. The molecule has 0 aromatic carbocycles. The van der Waals surface area contributed by atoms with Gasteiger partial charge in [0.15, 0.2) is 0 Å². The van der Waals surface area contributed by atoms with Crippen LogP contribution >= 0.6 is 22.6 Å². The van der Waals surface area contributed by atoms with Gasteiger partial charge in [-0.15, -0.1) is 0 Å². The quantitative estimate of drug-likeness (QED) is 0.496. The van der Waals surface area contributed by atoms with Gasteiger partial charge in [-0.25, -0.2) is 0 Å². The lowest BCUT2D eigenvalue weighted by Gasteiger charge is -2.19. The van der Waals surface area contributed by atoms with Crippen LogP contribution in [0.5, 0.6) is 0 Å².